The van der Waals surface area contributed by atoms with Crippen LogP contribution in [0.15, 0.2) is 48.8 Å². The lowest BCUT2D eigenvalue weighted by Gasteiger charge is -2.04. The Balaban J connectivity index is 2.18. The zero-order valence-electron chi connectivity index (χ0n) is 10.8. The molecule has 0 aliphatic rings. The highest BCUT2D eigenvalue weighted by Gasteiger charge is 2.36. The van der Waals surface area contributed by atoms with E-state index in [-0.39, 0.29) is 6.54 Å². The van der Waals surface area contributed by atoms with E-state index in [0.29, 0.717) is 0 Å². The number of nitrogens with zero attached hydrogens (tertiary/aromatic N) is 1. The van der Waals surface area contributed by atoms with E-state index in [1.807, 2.05) is 30.3 Å². The molecule has 0 bridgehead atoms. The summed E-state index contributed by atoms with van der Waals surface area (Å²) in [6, 6.07) is 9.27. The van der Waals surface area contributed by atoms with Crippen LogP contribution in [0.2, 0.25) is 0 Å². The quantitative estimate of drug-likeness (QED) is 0.929. The summed E-state index contributed by atoms with van der Waals surface area (Å²) < 4.78 is 39.3. The van der Waals surface area contributed by atoms with Crippen molar-refractivity contribution in [2.45, 2.75) is 12.7 Å². The lowest BCUT2D eigenvalue weighted by atomic mass is 10.2. The van der Waals surface area contributed by atoms with Crippen LogP contribution in [0.25, 0.3) is 6.08 Å². The number of hydrogen-bond donors (Lipinski definition) is 1. The second-order valence-corrected chi connectivity index (χ2v) is 4.40. The molecule has 0 radical (unpaired) electrons. The van der Waals surface area contributed by atoms with Crippen molar-refractivity contribution in [2.24, 2.45) is 0 Å². The Morgan fingerprint density at radius 2 is 1.86 bits per heavy atom. The molecule has 0 unspecified atom stereocenters. The monoisotopic (exact) mass is 295 g/mol. The zero-order chi connectivity index (χ0) is 15.5. The van der Waals surface area contributed by atoms with Gasteiger partial charge in [-0.1, -0.05) is 42.5 Å². The van der Waals surface area contributed by atoms with Gasteiger partial charge in [0.15, 0.2) is 0 Å². The number of carbonyl (C=O) groups is 1. The van der Waals surface area contributed by atoms with E-state index in [2.05, 4.69) is 0 Å². The molecule has 2 aromatic rings. The van der Waals surface area contributed by atoms with Crippen LogP contribution >= 0.6 is 0 Å². The second-order valence-electron chi connectivity index (χ2n) is 4.40. The number of aromatic nitrogens is 1. The van der Waals surface area contributed by atoms with Gasteiger partial charge < -0.3 is 9.67 Å². The van der Waals surface area contributed by atoms with Gasteiger partial charge in [0.25, 0.3) is 0 Å². The normalized spacial score (nSPS) is 12.0. The van der Waals surface area contributed by atoms with Crippen molar-refractivity contribution in [3.8, 4) is 0 Å². The number of aromatic carboxylic acids is 1. The predicted octanol–water partition coefficient (Wildman–Crippen LogP) is 3.92. The van der Waals surface area contributed by atoms with Gasteiger partial charge in [-0.05, 0) is 5.56 Å². The van der Waals surface area contributed by atoms with Crippen LogP contribution in [-0.2, 0) is 12.7 Å². The topological polar surface area (TPSA) is 42.2 Å². The van der Waals surface area contributed by atoms with Crippen molar-refractivity contribution < 1.29 is 23.1 Å². The van der Waals surface area contributed by atoms with E-state index in [1.54, 1.807) is 12.2 Å². The number of alkyl halides is 3. The first-order valence-electron chi connectivity index (χ1n) is 6.10. The van der Waals surface area contributed by atoms with Crippen LogP contribution in [0.4, 0.5) is 13.2 Å². The Bertz CT molecular complexity index is 657. The maximum absolute atomic E-state index is 12.7. The maximum Gasteiger partial charge on any atom is 0.418 e. The standard InChI is InChI=1S/C15H12F3NO2/c16-15(17,18)13-10-19(9-12(13)14(20)21)8-4-7-11-5-2-1-3-6-11/h1-7,9-10H,8H2,(H,20,21). The fraction of sp³-hybridized carbons (Fsp3) is 0.133. The van der Waals surface area contributed by atoms with Gasteiger partial charge >= 0.3 is 12.1 Å². The SMILES string of the molecule is O=C(O)c1cn(CC=Cc2ccccc2)cc1C(F)(F)F. The average Bonchev–Trinajstić information content (AvgIpc) is 2.84. The van der Waals surface area contributed by atoms with Crippen molar-refractivity contribution in [1.82, 2.24) is 4.57 Å². The van der Waals surface area contributed by atoms with Crippen molar-refractivity contribution in [2.75, 3.05) is 0 Å². The molecule has 0 saturated heterocycles. The molecule has 1 N–H and O–H groups in total. The van der Waals surface area contributed by atoms with Gasteiger partial charge in [0, 0.05) is 18.9 Å². The molecule has 0 aliphatic carbocycles. The average molecular weight is 295 g/mol. The number of halogens is 3. The second kappa shape index (κ2) is 5.87. The summed E-state index contributed by atoms with van der Waals surface area (Å²) in [6.45, 7) is 0.158. The molecule has 6 heteroatoms. The van der Waals surface area contributed by atoms with Crippen LogP contribution in [0, 0.1) is 0 Å². The smallest absolute Gasteiger partial charge is 0.418 e. The molecule has 1 aromatic carbocycles. The summed E-state index contributed by atoms with van der Waals surface area (Å²) in [7, 11) is 0. The Morgan fingerprint density at radius 3 is 2.38 bits per heavy atom. The third-order valence-electron chi connectivity index (χ3n) is 2.84. The highest BCUT2D eigenvalue weighted by molar-refractivity contribution is 5.89. The Labute approximate surface area is 118 Å². The minimum atomic E-state index is -4.68. The van der Waals surface area contributed by atoms with Crippen LogP contribution in [0.1, 0.15) is 21.5 Å². The van der Waals surface area contributed by atoms with Gasteiger partial charge in [-0.3, -0.25) is 0 Å². The van der Waals surface area contributed by atoms with Crippen molar-refractivity contribution in [3.63, 3.8) is 0 Å². The number of carboxylic acid groups (broad SMARTS) is 1. The molecule has 21 heavy (non-hydrogen) atoms. The summed E-state index contributed by atoms with van der Waals surface area (Å²) in [5.41, 5.74) is -0.960. The number of rotatable bonds is 4. The summed E-state index contributed by atoms with van der Waals surface area (Å²) in [5.74, 6) is -1.59. The molecule has 2 rings (SSSR count). The Hall–Kier alpha value is -2.50. The van der Waals surface area contributed by atoms with E-state index in [1.165, 1.54) is 4.57 Å². The minimum Gasteiger partial charge on any atom is -0.478 e. The highest BCUT2D eigenvalue weighted by Crippen LogP contribution is 2.32. The number of benzene rings is 1. The van der Waals surface area contributed by atoms with Crippen LogP contribution in [0.5, 0.6) is 0 Å². The zero-order valence-corrected chi connectivity index (χ0v) is 10.8. The van der Waals surface area contributed by atoms with Crippen molar-refractivity contribution >= 4 is 12.0 Å². The van der Waals surface area contributed by atoms with Crippen molar-refractivity contribution in [1.29, 1.82) is 0 Å². The number of allylic oxidation sites excluding steroid dienone is 1. The molecule has 1 aromatic heterocycles. The maximum atomic E-state index is 12.7. The van der Waals surface area contributed by atoms with E-state index >= 15 is 0 Å². The molecular formula is C15H12F3NO2. The van der Waals surface area contributed by atoms with Crippen LogP contribution in [-0.4, -0.2) is 15.6 Å². The third kappa shape index (κ3) is 3.75. The molecule has 0 aliphatic heterocycles. The van der Waals surface area contributed by atoms with E-state index in [9.17, 15) is 18.0 Å². The molecule has 1 heterocycles. The van der Waals surface area contributed by atoms with E-state index in [4.69, 9.17) is 5.11 Å². The highest BCUT2D eigenvalue weighted by atomic mass is 19.4. The molecule has 0 fully saturated rings. The largest absolute Gasteiger partial charge is 0.478 e. The lowest BCUT2D eigenvalue weighted by molar-refractivity contribution is -0.138. The first kappa shape index (κ1) is 14.9. The lowest BCUT2D eigenvalue weighted by Crippen LogP contribution is -2.09. The fourth-order valence-electron chi connectivity index (χ4n) is 1.88. The first-order valence-corrected chi connectivity index (χ1v) is 6.10. The summed E-state index contributed by atoms with van der Waals surface area (Å²) in [6.07, 6.45) is 0.538. The van der Waals surface area contributed by atoms with Gasteiger partial charge in [0.2, 0.25) is 0 Å². The predicted molar refractivity (Wildman–Crippen MR) is 71.9 cm³/mol. The molecule has 0 amide bonds. The molecule has 0 saturated carbocycles. The van der Waals surface area contributed by atoms with Crippen LogP contribution < -0.4 is 0 Å². The molecule has 3 nitrogen and oxygen atoms in total. The van der Waals surface area contributed by atoms with Gasteiger partial charge in [0.1, 0.15) is 0 Å². The fourth-order valence-corrected chi connectivity index (χ4v) is 1.88. The molecule has 110 valence electrons. The van der Waals surface area contributed by atoms with Gasteiger partial charge in [0.05, 0.1) is 11.1 Å². The number of hydrogen-bond acceptors (Lipinski definition) is 1. The minimum absolute atomic E-state index is 0.158. The Morgan fingerprint density at radius 1 is 1.19 bits per heavy atom. The third-order valence-corrected chi connectivity index (χ3v) is 2.84. The van der Waals surface area contributed by atoms with Gasteiger partial charge in [-0.2, -0.15) is 13.2 Å². The van der Waals surface area contributed by atoms with Crippen LogP contribution in [0.3, 0.4) is 0 Å². The summed E-state index contributed by atoms with van der Waals surface area (Å²) in [4.78, 5) is 10.8. The first-order chi connectivity index (χ1) is 9.88. The molecular weight excluding hydrogens is 283 g/mol. The van der Waals surface area contributed by atoms with Gasteiger partial charge in [-0.15, -0.1) is 0 Å². The van der Waals surface area contributed by atoms with E-state index < -0.39 is 23.3 Å². The Kier molecular flexibility index (Phi) is 4.16. The number of carboxylic acids is 1. The van der Waals surface area contributed by atoms with Gasteiger partial charge in [-0.25, -0.2) is 4.79 Å². The summed E-state index contributed by atoms with van der Waals surface area (Å²) >= 11 is 0. The van der Waals surface area contributed by atoms with Crippen molar-refractivity contribution in [3.05, 3.63) is 65.5 Å². The summed E-state index contributed by atoms with van der Waals surface area (Å²) in [5, 5.41) is 8.81. The molecule has 0 spiro atoms. The van der Waals surface area contributed by atoms with E-state index in [0.717, 1.165) is 18.0 Å². The molecule has 0 atom stereocenters.